The minimum atomic E-state index is 0.139. The minimum absolute atomic E-state index is 0.139. The Bertz CT molecular complexity index is 447. The zero-order chi connectivity index (χ0) is 12.8. The predicted octanol–water partition coefficient (Wildman–Crippen LogP) is 3.00. The smallest absolute Gasteiger partial charge is 0.136 e. The predicted molar refractivity (Wildman–Crippen MR) is 74.0 cm³/mol. The molecule has 0 saturated heterocycles. The van der Waals surface area contributed by atoms with Gasteiger partial charge in [0.15, 0.2) is 0 Å². The molecule has 4 nitrogen and oxygen atoms in total. The molecular weight excluding hydrogens is 224 g/mol. The standard InChI is InChI=1S/C14H22N4/c1-14(2,10-6-7-10)18-12-8-11(15-3)16-13(17-12)9-4-5-9/h8-10H,4-7H2,1-3H3,(H2,15,16,17,18). The third-order valence-electron chi connectivity index (χ3n) is 3.99. The van der Waals surface area contributed by atoms with Crippen LogP contribution in [0, 0.1) is 5.92 Å². The lowest BCUT2D eigenvalue weighted by Crippen LogP contribution is -2.33. The Morgan fingerprint density at radius 2 is 1.78 bits per heavy atom. The van der Waals surface area contributed by atoms with Crippen molar-refractivity contribution in [1.29, 1.82) is 0 Å². The van der Waals surface area contributed by atoms with E-state index in [1.165, 1.54) is 25.7 Å². The van der Waals surface area contributed by atoms with Crippen LogP contribution in [0.25, 0.3) is 0 Å². The zero-order valence-corrected chi connectivity index (χ0v) is 11.5. The molecule has 0 unspecified atom stereocenters. The maximum absolute atomic E-state index is 4.68. The fraction of sp³-hybridized carbons (Fsp3) is 0.714. The highest BCUT2D eigenvalue weighted by atomic mass is 15.1. The van der Waals surface area contributed by atoms with Gasteiger partial charge in [0.2, 0.25) is 0 Å². The summed E-state index contributed by atoms with van der Waals surface area (Å²) in [6.45, 7) is 4.53. The largest absolute Gasteiger partial charge is 0.373 e. The van der Waals surface area contributed by atoms with Crippen LogP contribution in [0.4, 0.5) is 11.6 Å². The molecule has 2 saturated carbocycles. The molecule has 2 N–H and O–H groups in total. The number of hydrogen-bond donors (Lipinski definition) is 2. The van der Waals surface area contributed by atoms with Crippen LogP contribution in [0.15, 0.2) is 6.07 Å². The van der Waals surface area contributed by atoms with Gasteiger partial charge >= 0.3 is 0 Å². The van der Waals surface area contributed by atoms with Crippen molar-refractivity contribution in [2.24, 2.45) is 5.92 Å². The maximum atomic E-state index is 4.68. The lowest BCUT2D eigenvalue weighted by molar-refractivity contribution is 0.492. The van der Waals surface area contributed by atoms with Gasteiger partial charge in [-0.15, -0.1) is 0 Å². The molecule has 18 heavy (non-hydrogen) atoms. The average molecular weight is 246 g/mol. The molecule has 2 aliphatic carbocycles. The lowest BCUT2D eigenvalue weighted by atomic mass is 9.99. The van der Waals surface area contributed by atoms with E-state index in [1.807, 2.05) is 13.1 Å². The number of anilines is 2. The second-order valence-electron chi connectivity index (χ2n) is 6.14. The van der Waals surface area contributed by atoms with Crippen molar-refractivity contribution in [3.63, 3.8) is 0 Å². The Kier molecular flexibility index (Phi) is 2.68. The summed E-state index contributed by atoms with van der Waals surface area (Å²) in [5.74, 6) is 4.25. The van der Waals surface area contributed by atoms with Crippen LogP contribution < -0.4 is 10.6 Å². The molecule has 1 aromatic heterocycles. The van der Waals surface area contributed by atoms with Crippen LogP contribution in [0.3, 0.4) is 0 Å². The zero-order valence-electron chi connectivity index (χ0n) is 11.5. The molecule has 0 amide bonds. The van der Waals surface area contributed by atoms with Gasteiger partial charge in [0, 0.05) is 24.6 Å². The summed E-state index contributed by atoms with van der Waals surface area (Å²) in [6.07, 6.45) is 5.14. The first-order valence-corrected chi connectivity index (χ1v) is 6.93. The quantitative estimate of drug-likeness (QED) is 0.838. The molecule has 0 atom stereocenters. The minimum Gasteiger partial charge on any atom is -0.373 e. The maximum Gasteiger partial charge on any atom is 0.136 e. The van der Waals surface area contributed by atoms with E-state index in [0.29, 0.717) is 5.92 Å². The fourth-order valence-electron chi connectivity index (χ4n) is 2.42. The van der Waals surface area contributed by atoms with Crippen LogP contribution in [-0.4, -0.2) is 22.6 Å². The lowest BCUT2D eigenvalue weighted by Gasteiger charge is -2.27. The monoisotopic (exact) mass is 246 g/mol. The highest BCUT2D eigenvalue weighted by molar-refractivity contribution is 5.49. The third-order valence-corrected chi connectivity index (χ3v) is 3.99. The first-order chi connectivity index (χ1) is 8.58. The number of aromatic nitrogens is 2. The van der Waals surface area contributed by atoms with E-state index < -0.39 is 0 Å². The first-order valence-electron chi connectivity index (χ1n) is 6.93. The van der Waals surface area contributed by atoms with Crippen LogP contribution >= 0.6 is 0 Å². The van der Waals surface area contributed by atoms with Gasteiger partial charge in [-0.1, -0.05) is 0 Å². The van der Waals surface area contributed by atoms with E-state index in [2.05, 4.69) is 34.4 Å². The summed E-state index contributed by atoms with van der Waals surface area (Å²) in [4.78, 5) is 9.22. The molecule has 0 aromatic carbocycles. The van der Waals surface area contributed by atoms with Crippen LogP contribution in [0.1, 0.15) is 51.3 Å². The highest BCUT2D eigenvalue weighted by Crippen LogP contribution is 2.42. The third kappa shape index (κ3) is 2.42. The number of nitrogens with zero attached hydrogens (tertiary/aromatic N) is 2. The molecule has 1 aromatic rings. The molecule has 2 aliphatic rings. The Morgan fingerprint density at radius 3 is 2.33 bits per heavy atom. The molecule has 3 rings (SSSR count). The van der Waals surface area contributed by atoms with Gasteiger partial charge in [-0.05, 0) is 45.4 Å². The second kappa shape index (κ2) is 4.11. The van der Waals surface area contributed by atoms with Crippen molar-refractivity contribution in [1.82, 2.24) is 9.97 Å². The van der Waals surface area contributed by atoms with Gasteiger partial charge in [0.25, 0.3) is 0 Å². The van der Waals surface area contributed by atoms with Gasteiger partial charge in [0.05, 0.1) is 0 Å². The molecule has 4 heteroatoms. The average Bonchev–Trinajstić information content (AvgIpc) is 3.19. The van der Waals surface area contributed by atoms with Gasteiger partial charge in [0.1, 0.15) is 17.5 Å². The summed E-state index contributed by atoms with van der Waals surface area (Å²) in [7, 11) is 1.91. The number of nitrogens with one attached hydrogen (secondary N) is 2. The Balaban J connectivity index is 1.83. The van der Waals surface area contributed by atoms with Crippen molar-refractivity contribution in [2.75, 3.05) is 17.7 Å². The summed E-state index contributed by atoms with van der Waals surface area (Å²) in [5.41, 5.74) is 0.139. The van der Waals surface area contributed by atoms with Crippen molar-refractivity contribution in [3.8, 4) is 0 Å². The Morgan fingerprint density at radius 1 is 1.11 bits per heavy atom. The SMILES string of the molecule is CNc1cc(NC(C)(C)C2CC2)nc(C2CC2)n1. The van der Waals surface area contributed by atoms with Gasteiger partial charge in [-0.25, -0.2) is 9.97 Å². The fourth-order valence-corrected chi connectivity index (χ4v) is 2.42. The number of hydrogen-bond acceptors (Lipinski definition) is 4. The number of rotatable bonds is 5. The molecule has 1 heterocycles. The van der Waals surface area contributed by atoms with Crippen LogP contribution in [0.2, 0.25) is 0 Å². The molecule has 0 spiro atoms. The van der Waals surface area contributed by atoms with E-state index >= 15 is 0 Å². The summed E-state index contributed by atoms with van der Waals surface area (Å²) in [6, 6.07) is 2.01. The van der Waals surface area contributed by atoms with Crippen LogP contribution in [-0.2, 0) is 0 Å². The van der Waals surface area contributed by atoms with E-state index in [4.69, 9.17) is 0 Å². The highest BCUT2D eigenvalue weighted by Gasteiger charge is 2.38. The Labute approximate surface area is 109 Å². The van der Waals surface area contributed by atoms with Crippen molar-refractivity contribution >= 4 is 11.6 Å². The van der Waals surface area contributed by atoms with E-state index in [9.17, 15) is 0 Å². The van der Waals surface area contributed by atoms with Gasteiger partial charge < -0.3 is 10.6 Å². The molecule has 0 radical (unpaired) electrons. The van der Waals surface area contributed by atoms with Gasteiger partial charge in [-0.2, -0.15) is 0 Å². The summed E-state index contributed by atoms with van der Waals surface area (Å²) >= 11 is 0. The molecular formula is C14H22N4. The summed E-state index contributed by atoms with van der Waals surface area (Å²) < 4.78 is 0. The normalized spacial score (nSPS) is 19.7. The van der Waals surface area contributed by atoms with Crippen molar-refractivity contribution in [2.45, 2.75) is 51.0 Å². The molecule has 98 valence electrons. The second-order valence-corrected chi connectivity index (χ2v) is 6.14. The molecule has 2 fully saturated rings. The van der Waals surface area contributed by atoms with E-state index in [-0.39, 0.29) is 5.54 Å². The molecule has 0 aliphatic heterocycles. The van der Waals surface area contributed by atoms with Crippen molar-refractivity contribution < 1.29 is 0 Å². The van der Waals surface area contributed by atoms with E-state index in [0.717, 1.165) is 23.4 Å². The molecule has 0 bridgehead atoms. The first kappa shape index (κ1) is 11.8. The summed E-state index contributed by atoms with van der Waals surface area (Å²) in [5, 5.41) is 6.72. The van der Waals surface area contributed by atoms with Gasteiger partial charge in [-0.3, -0.25) is 0 Å². The van der Waals surface area contributed by atoms with E-state index in [1.54, 1.807) is 0 Å². The van der Waals surface area contributed by atoms with Crippen molar-refractivity contribution in [3.05, 3.63) is 11.9 Å². The Hall–Kier alpha value is -1.32. The van der Waals surface area contributed by atoms with Crippen LogP contribution in [0.5, 0.6) is 0 Å². The topological polar surface area (TPSA) is 49.8 Å².